The van der Waals surface area contributed by atoms with Crippen LogP contribution in [0.5, 0.6) is 0 Å². The van der Waals surface area contributed by atoms with Crippen LogP contribution in [0.4, 0.5) is 5.95 Å². The SMILES string of the molecule is Cc1ccnc(NNC(=O)[C@@H](CCc2cccs2)CN(O)C=O)n1. The van der Waals surface area contributed by atoms with Crippen molar-refractivity contribution in [2.24, 2.45) is 5.92 Å². The number of anilines is 1. The van der Waals surface area contributed by atoms with Gasteiger partial charge in [0.1, 0.15) is 0 Å². The number of hydrogen-bond acceptors (Lipinski definition) is 7. The number of carbonyl (C=O) groups is 2. The molecular weight excluding hydrogens is 330 g/mol. The predicted molar refractivity (Wildman–Crippen MR) is 89.2 cm³/mol. The quantitative estimate of drug-likeness (QED) is 0.359. The number of carbonyl (C=O) groups excluding carboxylic acids is 2. The summed E-state index contributed by atoms with van der Waals surface area (Å²) in [4.78, 5) is 32.2. The Morgan fingerprint density at radius 3 is 3.00 bits per heavy atom. The van der Waals surface area contributed by atoms with Gasteiger partial charge in [0.05, 0.1) is 12.5 Å². The molecule has 0 saturated heterocycles. The van der Waals surface area contributed by atoms with Crippen LogP contribution in [0.25, 0.3) is 0 Å². The summed E-state index contributed by atoms with van der Waals surface area (Å²) in [5.41, 5.74) is 5.93. The third kappa shape index (κ3) is 5.60. The van der Waals surface area contributed by atoms with Gasteiger partial charge in [0.15, 0.2) is 0 Å². The standard InChI is InChI=1S/C15H19N5O3S/c1-11-6-7-16-15(17-11)19-18-14(22)12(9-20(23)10-21)4-5-13-3-2-8-24-13/h2-3,6-8,10,12,23H,4-5,9H2,1H3,(H,18,22)(H,16,17,19)/t12-/m0/s1. The lowest BCUT2D eigenvalue weighted by atomic mass is 10.0. The van der Waals surface area contributed by atoms with E-state index in [9.17, 15) is 14.8 Å². The van der Waals surface area contributed by atoms with Crippen LogP contribution in [0, 0.1) is 12.8 Å². The van der Waals surface area contributed by atoms with Crippen LogP contribution < -0.4 is 10.9 Å². The second-order valence-electron chi connectivity index (χ2n) is 5.18. The largest absolute Gasteiger partial charge is 0.286 e. The van der Waals surface area contributed by atoms with Gasteiger partial charge in [-0.2, -0.15) is 0 Å². The zero-order valence-electron chi connectivity index (χ0n) is 13.2. The zero-order chi connectivity index (χ0) is 17.4. The van der Waals surface area contributed by atoms with Crippen molar-refractivity contribution in [2.45, 2.75) is 19.8 Å². The highest BCUT2D eigenvalue weighted by molar-refractivity contribution is 7.09. The van der Waals surface area contributed by atoms with Crippen LogP contribution >= 0.6 is 11.3 Å². The summed E-state index contributed by atoms with van der Waals surface area (Å²) in [7, 11) is 0. The van der Waals surface area contributed by atoms with Gasteiger partial charge in [-0.25, -0.2) is 15.0 Å². The van der Waals surface area contributed by atoms with E-state index < -0.39 is 5.92 Å². The first kappa shape index (κ1) is 17.8. The number of hydrogen-bond donors (Lipinski definition) is 3. The number of rotatable bonds is 9. The lowest BCUT2D eigenvalue weighted by molar-refractivity contribution is -0.154. The van der Waals surface area contributed by atoms with Gasteiger partial charge < -0.3 is 0 Å². The van der Waals surface area contributed by atoms with Crippen molar-refractivity contribution < 1.29 is 14.8 Å². The van der Waals surface area contributed by atoms with E-state index >= 15 is 0 Å². The van der Waals surface area contributed by atoms with E-state index in [1.54, 1.807) is 23.6 Å². The molecule has 9 heteroatoms. The number of aromatic nitrogens is 2. The average Bonchev–Trinajstić information content (AvgIpc) is 3.09. The van der Waals surface area contributed by atoms with E-state index in [1.165, 1.54) is 0 Å². The fraction of sp³-hybridized carbons (Fsp3) is 0.333. The van der Waals surface area contributed by atoms with E-state index in [1.807, 2.05) is 24.4 Å². The summed E-state index contributed by atoms with van der Waals surface area (Å²) in [5, 5.41) is 11.8. The molecule has 8 nitrogen and oxygen atoms in total. The van der Waals surface area contributed by atoms with Crippen molar-refractivity contribution in [1.82, 2.24) is 20.5 Å². The van der Waals surface area contributed by atoms with Gasteiger partial charge in [-0.3, -0.25) is 25.6 Å². The highest BCUT2D eigenvalue weighted by atomic mass is 32.1. The number of hydroxylamine groups is 2. The van der Waals surface area contributed by atoms with Gasteiger partial charge in [0.25, 0.3) is 0 Å². The number of hydrazine groups is 1. The van der Waals surface area contributed by atoms with Crippen molar-refractivity contribution in [2.75, 3.05) is 12.0 Å². The topological polar surface area (TPSA) is 107 Å². The number of nitrogens with zero attached hydrogens (tertiary/aromatic N) is 3. The van der Waals surface area contributed by atoms with Gasteiger partial charge in [-0.05, 0) is 37.3 Å². The smallest absolute Gasteiger partial charge is 0.243 e. The summed E-state index contributed by atoms with van der Waals surface area (Å²) in [6, 6.07) is 5.66. The van der Waals surface area contributed by atoms with Crippen molar-refractivity contribution in [3.05, 3.63) is 40.3 Å². The molecular formula is C15H19N5O3S. The molecule has 0 aliphatic rings. The molecule has 128 valence electrons. The van der Waals surface area contributed by atoms with Crippen LogP contribution in [-0.2, 0) is 16.0 Å². The summed E-state index contributed by atoms with van der Waals surface area (Å²) in [5.74, 6) is -0.645. The Morgan fingerprint density at radius 2 is 2.33 bits per heavy atom. The van der Waals surface area contributed by atoms with Gasteiger partial charge in [-0.15, -0.1) is 11.3 Å². The highest BCUT2D eigenvalue weighted by Gasteiger charge is 2.21. The Labute approximate surface area is 143 Å². The van der Waals surface area contributed by atoms with Gasteiger partial charge >= 0.3 is 0 Å². The number of aryl methyl sites for hydroxylation is 2. The third-order valence-corrected chi connectivity index (χ3v) is 4.25. The Bertz CT molecular complexity index is 665. The Hall–Kier alpha value is -2.52. The number of nitrogens with one attached hydrogen (secondary N) is 2. The second kappa shape index (κ2) is 8.94. The molecule has 0 fully saturated rings. The maximum absolute atomic E-state index is 12.3. The van der Waals surface area contributed by atoms with Crippen LogP contribution in [0.1, 0.15) is 17.0 Å². The van der Waals surface area contributed by atoms with Crippen LogP contribution in [0.15, 0.2) is 29.8 Å². The van der Waals surface area contributed by atoms with Crippen LogP contribution in [-0.4, -0.2) is 39.1 Å². The van der Waals surface area contributed by atoms with Gasteiger partial charge in [-0.1, -0.05) is 6.07 Å². The minimum absolute atomic E-state index is 0.0862. The lowest BCUT2D eigenvalue weighted by Gasteiger charge is -2.19. The molecule has 0 unspecified atom stereocenters. The fourth-order valence-electron chi connectivity index (χ4n) is 2.07. The molecule has 1 atom stereocenters. The van der Waals surface area contributed by atoms with Gasteiger partial charge in [0.2, 0.25) is 18.3 Å². The first-order chi connectivity index (χ1) is 11.6. The fourth-order valence-corrected chi connectivity index (χ4v) is 2.80. The Balaban J connectivity index is 1.93. The molecule has 2 aromatic rings. The maximum atomic E-state index is 12.3. The third-order valence-electron chi connectivity index (χ3n) is 3.31. The first-order valence-corrected chi connectivity index (χ1v) is 8.25. The van der Waals surface area contributed by atoms with Crippen LogP contribution in [0.2, 0.25) is 0 Å². The zero-order valence-corrected chi connectivity index (χ0v) is 14.0. The van der Waals surface area contributed by atoms with E-state index in [0.717, 1.165) is 10.6 Å². The molecule has 0 aliphatic carbocycles. The van der Waals surface area contributed by atoms with Crippen molar-refractivity contribution in [3.63, 3.8) is 0 Å². The monoisotopic (exact) mass is 349 g/mol. The minimum atomic E-state index is -0.570. The van der Waals surface area contributed by atoms with Crippen molar-refractivity contribution >= 4 is 29.6 Å². The Kier molecular flexibility index (Phi) is 6.64. The molecule has 2 amide bonds. The molecule has 0 radical (unpaired) electrons. The average molecular weight is 349 g/mol. The summed E-state index contributed by atoms with van der Waals surface area (Å²) in [6.07, 6.45) is 3.03. The van der Waals surface area contributed by atoms with E-state index in [-0.39, 0.29) is 24.8 Å². The Morgan fingerprint density at radius 1 is 1.50 bits per heavy atom. The molecule has 2 heterocycles. The molecule has 3 N–H and O–H groups in total. The summed E-state index contributed by atoms with van der Waals surface area (Å²) >= 11 is 1.60. The number of amides is 2. The van der Waals surface area contributed by atoms with E-state index in [2.05, 4.69) is 20.8 Å². The summed E-state index contributed by atoms with van der Waals surface area (Å²) < 4.78 is 0. The molecule has 0 saturated carbocycles. The molecule has 2 aromatic heterocycles. The normalized spacial score (nSPS) is 11.6. The molecule has 24 heavy (non-hydrogen) atoms. The summed E-state index contributed by atoms with van der Waals surface area (Å²) in [6.45, 7) is 1.73. The van der Waals surface area contributed by atoms with Crippen molar-refractivity contribution in [3.8, 4) is 0 Å². The predicted octanol–water partition coefficient (Wildman–Crippen LogP) is 1.39. The molecule has 0 aliphatic heterocycles. The highest BCUT2D eigenvalue weighted by Crippen LogP contribution is 2.15. The molecule has 0 aromatic carbocycles. The number of thiophene rings is 1. The molecule has 2 rings (SSSR count). The lowest BCUT2D eigenvalue weighted by Crippen LogP contribution is -2.40. The molecule has 0 bridgehead atoms. The molecule has 0 spiro atoms. The first-order valence-electron chi connectivity index (χ1n) is 7.37. The van der Waals surface area contributed by atoms with Crippen LogP contribution in [0.3, 0.4) is 0 Å². The minimum Gasteiger partial charge on any atom is -0.286 e. The van der Waals surface area contributed by atoms with E-state index in [4.69, 9.17) is 0 Å². The van der Waals surface area contributed by atoms with Gasteiger partial charge in [0, 0.05) is 16.8 Å². The maximum Gasteiger partial charge on any atom is 0.243 e. The van der Waals surface area contributed by atoms with E-state index in [0.29, 0.717) is 17.9 Å². The van der Waals surface area contributed by atoms with Crippen molar-refractivity contribution in [1.29, 1.82) is 0 Å². The second-order valence-corrected chi connectivity index (χ2v) is 6.21.